The maximum absolute atomic E-state index is 12.8. The predicted molar refractivity (Wildman–Crippen MR) is 132 cm³/mol. The summed E-state index contributed by atoms with van der Waals surface area (Å²) in [5.41, 5.74) is 5.78. The molecule has 0 aliphatic carbocycles. The van der Waals surface area contributed by atoms with Crippen molar-refractivity contribution in [2.75, 3.05) is 12.5 Å². The van der Waals surface area contributed by atoms with Crippen LogP contribution in [0.4, 0.5) is 0 Å². The first kappa shape index (κ1) is 22.3. The van der Waals surface area contributed by atoms with Crippen molar-refractivity contribution in [2.45, 2.75) is 19.1 Å². The Morgan fingerprint density at radius 1 is 0.971 bits per heavy atom. The molecular formula is C28H24N2O5. The smallest absolute Gasteiger partial charge is 0.360 e. The fourth-order valence-electron chi connectivity index (χ4n) is 4.15. The Kier molecular flexibility index (Phi) is 6.22. The maximum Gasteiger partial charge on any atom is 0.360 e. The Morgan fingerprint density at radius 2 is 1.69 bits per heavy atom. The number of rotatable bonds is 6. The van der Waals surface area contributed by atoms with E-state index in [2.05, 4.69) is 5.43 Å². The highest BCUT2D eigenvalue weighted by molar-refractivity contribution is 5.90. The zero-order chi connectivity index (χ0) is 24.2. The van der Waals surface area contributed by atoms with Crippen LogP contribution in [0, 0.1) is 0 Å². The summed E-state index contributed by atoms with van der Waals surface area (Å²) in [5, 5.41) is 0. The number of aromatic nitrogens is 1. The predicted octanol–water partition coefficient (Wildman–Crippen LogP) is 4.85. The van der Waals surface area contributed by atoms with Gasteiger partial charge in [0.2, 0.25) is 5.43 Å². The van der Waals surface area contributed by atoms with Crippen molar-refractivity contribution in [2.24, 2.45) is 0 Å². The van der Waals surface area contributed by atoms with Gasteiger partial charge in [0.15, 0.2) is 11.4 Å². The first-order valence-electron chi connectivity index (χ1n) is 11.3. The van der Waals surface area contributed by atoms with Gasteiger partial charge in [-0.3, -0.25) is 9.47 Å². The van der Waals surface area contributed by atoms with Gasteiger partial charge in [0.1, 0.15) is 18.1 Å². The first-order valence-corrected chi connectivity index (χ1v) is 11.3. The van der Waals surface area contributed by atoms with E-state index in [0.717, 1.165) is 28.2 Å². The number of nitrogens with zero attached hydrogens (tertiary/aromatic N) is 1. The minimum Gasteiger partial charge on any atom is -0.482 e. The first-order chi connectivity index (χ1) is 17.1. The average Bonchev–Trinajstić information content (AvgIpc) is 3.05. The third-order valence-electron chi connectivity index (χ3n) is 5.87. The van der Waals surface area contributed by atoms with Crippen LogP contribution in [-0.4, -0.2) is 17.8 Å². The Hall–Kier alpha value is -4.52. The lowest BCUT2D eigenvalue weighted by Crippen LogP contribution is -2.30. The van der Waals surface area contributed by atoms with Gasteiger partial charge in [0.25, 0.3) is 0 Å². The highest BCUT2D eigenvalue weighted by Crippen LogP contribution is 2.38. The number of esters is 1. The lowest BCUT2D eigenvalue weighted by atomic mass is 9.99. The molecule has 176 valence electrons. The lowest BCUT2D eigenvalue weighted by molar-refractivity contribution is 0.0582. The monoisotopic (exact) mass is 468 g/mol. The number of hydrogen-bond donors (Lipinski definition) is 1. The Labute approximate surface area is 202 Å². The van der Waals surface area contributed by atoms with Crippen molar-refractivity contribution in [1.29, 1.82) is 0 Å². The number of methoxy groups -OCH3 is 1. The van der Waals surface area contributed by atoms with Crippen LogP contribution >= 0.6 is 0 Å². The van der Waals surface area contributed by atoms with Gasteiger partial charge in [-0.2, -0.15) is 0 Å². The van der Waals surface area contributed by atoms with Gasteiger partial charge < -0.3 is 19.6 Å². The van der Waals surface area contributed by atoms with E-state index in [9.17, 15) is 9.59 Å². The Bertz CT molecular complexity index is 1410. The highest BCUT2D eigenvalue weighted by Gasteiger charge is 2.27. The van der Waals surface area contributed by atoms with Crippen molar-refractivity contribution in [3.05, 3.63) is 124 Å². The van der Waals surface area contributed by atoms with Gasteiger partial charge in [-0.25, -0.2) is 4.79 Å². The minimum atomic E-state index is -0.684. The second-order valence-electron chi connectivity index (χ2n) is 8.13. The molecule has 0 fully saturated rings. The van der Waals surface area contributed by atoms with E-state index in [1.165, 1.54) is 24.0 Å². The summed E-state index contributed by atoms with van der Waals surface area (Å²) in [6.45, 7) is 0.136. The molecule has 5 rings (SSSR count). The van der Waals surface area contributed by atoms with Gasteiger partial charge in [-0.1, -0.05) is 66.7 Å². The molecule has 7 nitrogen and oxygen atoms in total. The number of pyridine rings is 1. The molecule has 35 heavy (non-hydrogen) atoms. The molecule has 0 amide bonds. The molecule has 0 saturated heterocycles. The summed E-state index contributed by atoms with van der Waals surface area (Å²) in [7, 11) is 1.27. The molecule has 1 aliphatic rings. The van der Waals surface area contributed by atoms with Gasteiger partial charge in [0, 0.05) is 24.2 Å². The van der Waals surface area contributed by atoms with Crippen LogP contribution in [0.3, 0.4) is 0 Å². The fraction of sp³-hybridized carbons (Fsp3) is 0.143. The number of para-hydroxylation sites is 2. The molecule has 0 spiro atoms. The van der Waals surface area contributed by atoms with E-state index in [1.54, 1.807) is 0 Å². The molecule has 1 aliphatic heterocycles. The molecule has 0 bridgehead atoms. The van der Waals surface area contributed by atoms with Crippen molar-refractivity contribution in [3.8, 4) is 17.2 Å². The van der Waals surface area contributed by atoms with Crippen LogP contribution in [0.25, 0.3) is 0 Å². The van der Waals surface area contributed by atoms with Crippen molar-refractivity contribution < 1.29 is 19.0 Å². The van der Waals surface area contributed by atoms with Crippen molar-refractivity contribution in [1.82, 2.24) is 4.68 Å². The fourth-order valence-corrected chi connectivity index (χ4v) is 4.15. The van der Waals surface area contributed by atoms with E-state index in [0.29, 0.717) is 6.42 Å². The maximum atomic E-state index is 12.8. The number of fused-ring (bicyclic) bond motifs is 2. The van der Waals surface area contributed by atoms with Gasteiger partial charge in [-0.05, 0) is 23.3 Å². The average molecular weight is 469 g/mol. The molecule has 2 heterocycles. The SMILES string of the molecule is COC(=O)c1c(OCc2ccccc2)c(=O)ccn1NC1Cc2ccccc2Oc2ccccc21. The van der Waals surface area contributed by atoms with Crippen LogP contribution in [-0.2, 0) is 17.8 Å². The highest BCUT2D eigenvalue weighted by atomic mass is 16.5. The van der Waals surface area contributed by atoms with E-state index in [-0.39, 0.29) is 24.1 Å². The molecule has 4 aromatic rings. The molecule has 7 heteroatoms. The summed E-state index contributed by atoms with van der Waals surface area (Å²) in [6, 6.07) is 26.1. The largest absolute Gasteiger partial charge is 0.482 e. The molecule has 0 radical (unpaired) electrons. The van der Waals surface area contributed by atoms with Crippen LogP contribution in [0.2, 0.25) is 0 Å². The number of nitrogens with one attached hydrogen (secondary N) is 1. The van der Waals surface area contributed by atoms with Crippen molar-refractivity contribution in [3.63, 3.8) is 0 Å². The Balaban J connectivity index is 1.54. The van der Waals surface area contributed by atoms with Crippen LogP contribution in [0.5, 0.6) is 17.2 Å². The quantitative estimate of drug-likeness (QED) is 0.408. The van der Waals surface area contributed by atoms with Gasteiger partial charge in [0.05, 0.1) is 13.2 Å². The topological polar surface area (TPSA) is 78.8 Å². The standard InChI is InChI=1S/C28H24N2O5/c1-33-28(32)26-27(34-18-19-9-3-2-4-10-19)23(31)15-16-30(26)29-22-17-20-11-5-7-13-24(20)35-25-14-8-6-12-21(22)25/h2-16,22,29H,17-18H2,1H3. The van der Waals surface area contributed by atoms with Crippen molar-refractivity contribution >= 4 is 5.97 Å². The summed E-state index contributed by atoms with van der Waals surface area (Å²) >= 11 is 0. The normalized spacial score (nSPS) is 14.0. The second kappa shape index (κ2) is 9.77. The van der Waals surface area contributed by atoms with Crippen LogP contribution in [0.1, 0.15) is 33.2 Å². The third-order valence-corrected chi connectivity index (χ3v) is 5.87. The van der Waals surface area contributed by atoms with E-state index in [4.69, 9.17) is 14.2 Å². The van der Waals surface area contributed by atoms with E-state index >= 15 is 0 Å². The molecular weight excluding hydrogens is 444 g/mol. The summed E-state index contributed by atoms with van der Waals surface area (Å²) in [5.74, 6) is 0.742. The summed E-state index contributed by atoms with van der Waals surface area (Å²) in [6.07, 6.45) is 2.12. The number of carbonyl (C=O) groups excluding carboxylic acids is 1. The lowest BCUT2D eigenvalue weighted by Gasteiger charge is -2.24. The summed E-state index contributed by atoms with van der Waals surface area (Å²) < 4.78 is 18.6. The molecule has 1 N–H and O–H groups in total. The number of hydrogen-bond acceptors (Lipinski definition) is 6. The minimum absolute atomic E-state index is 0.00753. The van der Waals surface area contributed by atoms with E-state index < -0.39 is 11.4 Å². The van der Waals surface area contributed by atoms with Crippen LogP contribution in [0.15, 0.2) is 95.9 Å². The summed E-state index contributed by atoms with van der Waals surface area (Å²) in [4.78, 5) is 25.6. The molecule has 3 aromatic carbocycles. The molecule has 1 aromatic heterocycles. The zero-order valence-electron chi connectivity index (χ0n) is 19.1. The third kappa shape index (κ3) is 4.61. The van der Waals surface area contributed by atoms with E-state index in [1.807, 2.05) is 78.9 Å². The molecule has 0 saturated carbocycles. The molecule has 1 atom stereocenters. The second-order valence-corrected chi connectivity index (χ2v) is 8.13. The molecule has 1 unspecified atom stereocenters. The number of benzene rings is 3. The zero-order valence-corrected chi connectivity index (χ0v) is 19.1. The number of carbonyl (C=O) groups is 1. The Morgan fingerprint density at radius 3 is 2.49 bits per heavy atom. The van der Waals surface area contributed by atoms with Gasteiger partial charge in [-0.15, -0.1) is 0 Å². The van der Waals surface area contributed by atoms with Crippen LogP contribution < -0.4 is 20.3 Å². The number of ether oxygens (including phenoxy) is 3. The van der Waals surface area contributed by atoms with Gasteiger partial charge >= 0.3 is 5.97 Å².